The lowest BCUT2D eigenvalue weighted by Crippen LogP contribution is -2.49. The number of likely N-dealkylation sites (N-methyl/N-ethyl adjacent to an activating group) is 1. The number of nitrogens with one attached hydrogen (secondary N) is 3. The van der Waals surface area contributed by atoms with Crippen LogP contribution in [0.2, 0.25) is 0 Å². The van der Waals surface area contributed by atoms with Crippen molar-refractivity contribution in [2.45, 2.75) is 52.6 Å². The fraction of sp³-hybridized carbons (Fsp3) is 0.441. The van der Waals surface area contributed by atoms with Crippen LogP contribution in [0.5, 0.6) is 0 Å². The minimum Gasteiger partial charge on any atom is -0.449 e. The van der Waals surface area contributed by atoms with Gasteiger partial charge >= 0.3 is 6.09 Å². The van der Waals surface area contributed by atoms with Crippen molar-refractivity contribution in [1.82, 2.24) is 25.4 Å². The van der Waals surface area contributed by atoms with Crippen LogP contribution in [0.25, 0.3) is 22.2 Å². The van der Waals surface area contributed by atoms with Gasteiger partial charge in [0.1, 0.15) is 25.0 Å². The first-order valence-electron chi connectivity index (χ1n) is 15.8. The standard InChI is InChI=1S/C34H40FN5O6S2/c1-34(2,3)32(44)48-47-15-14-46-33(45)37-18-27(41)40-13-5-6-26(40)31(43)39(4)19-20-7-9-21(10-8-20)29-23-11-12-36-30(42)24-16-22(35)17-25(38-29)28(23)24/h7-10,16-17,26,38H,5-6,11-15,18-19H2,1-4H3,(H,36,42)(H,37,45). The van der Waals surface area contributed by atoms with E-state index in [0.717, 1.165) is 38.6 Å². The molecule has 256 valence electrons. The summed E-state index contributed by atoms with van der Waals surface area (Å²) < 4.78 is 19.4. The maximum Gasteiger partial charge on any atom is 0.407 e. The highest BCUT2D eigenvalue weighted by Crippen LogP contribution is 2.35. The van der Waals surface area contributed by atoms with Crippen LogP contribution in [0.4, 0.5) is 9.18 Å². The third kappa shape index (κ3) is 8.15. The Kier molecular flexibility index (Phi) is 11.0. The van der Waals surface area contributed by atoms with Gasteiger partial charge in [-0.15, -0.1) is 0 Å². The molecule has 4 amide bonds. The van der Waals surface area contributed by atoms with Crippen LogP contribution in [-0.2, 0) is 32.1 Å². The van der Waals surface area contributed by atoms with Crippen LogP contribution in [0.3, 0.4) is 0 Å². The molecule has 11 nitrogen and oxygen atoms in total. The molecule has 48 heavy (non-hydrogen) atoms. The number of nitrogens with zero attached hydrogens (tertiary/aromatic N) is 2. The van der Waals surface area contributed by atoms with E-state index < -0.39 is 23.4 Å². The number of carbonyl (C=O) groups excluding carboxylic acids is 5. The van der Waals surface area contributed by atoms with Gasteiger partial charge in [0.2, 0.25) is 16.9 Å². The summed E-state index contributed by atoms with van der Waals surface area (Å²) >= 11 is 0. The van der Waals surface area contributed by atoms with Crippen molar-refractivity contribution in [3.8, 4) is 11.3 Å². The molecule has 5 rings (SSSR count). The number of hydrogen-bond acceptors (Lipinski definition) is 8. The first-order chi connectivity index (χ1) is 22.8. The van der Waals surface area contributed by atoms with Crippen LogP contribution < -0.4 is 10.6 Å². The molecule has 3 N–H and O–H groups in total. The molecular formula is C34H40FN5O6S2. The Bertz CT molecular complexity index is 1720. The maximum atomic E-state index is 14.3. The average Bonchev–Trinajstić information content (AvgIpc) is 3.63. The molecule has 1 atom stereocenters. The number of benzene rings is 2. The molecule has 2 aliphatic rings. The first kappa shape index (κ1) is 35.3. The van der Waals surface area contributed by atoms with Crippen molar-refractivity contribution < 1.29 is 33.1 Å². The Morgan fingerprint density at radius 2 is 1.90 bits per heavy atom. The molecule has 2 aromatic carbocycles. The van der Waals surface area contributed by atoms with Crippen molar-refractivity contribution in [1.29, 1.82) is 0 Å². The van der Waals surface area contributed by atoms with Gasteiger partial charge < -0.3 is 30.2 Å². The number of H-pyrrole nitrogens is 1. The first-order valence-corrected chi connectivity index (χ1v) is 18.2. The lowest BCUT2D eigenvalue weighted by Gasteiger charge is -2.28. The minimum absolute atomic E-state index is 0.0401. The summed E-state index contributed by atoms with van der Waals surface area (Å²) in [5.74, 6) is -0.892. The molecule has 1 aromatic heterocycles. The SMILES string of the molecule is CN(Cc1ccc(-c2[nH]c3cc(F)cc4c3c2CCNC4=O)cc1)C(=O)C1CCCN1C(=O)CNC(=O)OCCSSC(=O)C(C)(C)C. The second-order valence-corrected chi connectivity index (χ2v) is 15.3. The topological polar surface area (TPSA) is 141 Å². The van der Waals surface area contributed by atoms with Gasteiger partial charge in [-0.25, -0.2) is 9.18 Å². The zero-order chi connectivity index (χ0) is 34.6. The number of halogens is 1. The lowest BCUT2D eigenvalue weighted by atomic mass is 9.99. The van der Waals surface area contributed by atoms with Gasteiger partial charge in [0.05, 0.1) is 5.56 Å². The highest BCUT2D eigenvalue weighted by Gasteiger charge is 2.35. The van der Waals surface area contributed by atoms with Gasteiger partial charge in [-0.1, -0.05) is 55.8 Å². The molecule has 1 saturated heterocycles. The van der Waals surface area contributed by atoms with E-state index in [4.69, 9.17) is 4.74 Å². The highest BCUT2D eigenvalue weighted by molar-refractivity contribution is 8.82. The van der Waals surface area contributed by atoms with Gasteiger partial charge in [-0.3, -0.25) is 19.2 Å². The van der Waals surface area contributed by atoms with E-state index in [1.165, 1.54) is 27.8 Å². The Labute approximate surface area is 286 Å². The number of alkyl carbamates (subject to hydrolysis) is 1. The fourth-order valence-electron chi connectivity index (χ4n) is 5.83. The Balaban J connectivity index is 1.13. The number of amides is 4. The molecule has 0 aliphatic carbocycles. The average molecular weight is 698 g/mol. The summed E-state index contributed by atoms with van der Waals surface area (Å²) in [5, 5.41) is 6.07. The van der Waals surface area contributed by atoms with Crippen molar-refractivity contribution >= 4 is 61.4 Å². The van der Waals surface area contributed by atoms with E-state index in [1.807, 2.05) is 45.0 Å². The van der Waals surface area contributed by atoms with Crippen molar-refractivity contribution in [2.24, 2.45) is 5.41 Å². The molecule has 3 heterocycles. The Morgan fingerprint density at radius 1 is 1.15 bits per heavy atom. The van der Waals surface area contributed by atoms with E-state index in [2.05, 4.69) is 15.6 Å². The van der Waals surface area contributed by atoms with Gasteiger partial charge in [-0.05, 0) is 58.9 Å². The largest absolute Gasteiger partial charge is 0.449 e. The predicted molar refractivity (Wildman–Crippen MR) is 185 cm³/mol. The number of likely N-dealkylation sites (tertiary alicyclic amines) is 1. The quantitative estimate of drug-likeness (QED) is 0.201. The highest BCUT2D eigenvalue weighted by atomic mass is 33.1. The number of aromatic nitrogens is 1. The summed E-state index contributed by atoms with van der Waals surface area (Å²) in [5.41, 5.74) is 4.00. The molecule has 1 fully saturated rings. The fourth-order valence-corrected chi connectivity index (χ4v) is 7.95. The molecule has 0 radical (unpaired) electrons. The number of rotatable bonds is 10. The molecule has 0 saturated carbocycles. The van der Waals surface area contributed by atoms with Crippen molar-refractivity contribution in [3.63, 3.8) is 0 Å². The molecule has 1 unspecified atom stereocenters. The molecule has 3 aromatic rings. The van der Waals surface area contributed by atoms with Gasteiger partial charge in [0.15, 0.2) is 0 Å². The smallest absolute Gasteiger partial charge is 0.407 e. The maximum absolute atomic E-state index is 14.3. The summed E-state index contributed by atoms with van der Waals surface area (Å²) in [6, 6.07) is 9.76. The number of ether oxygens (including phenoxy) is 1. The molecule has 2 aliphatic heterocycles. The number of aromatic amines is 1. The normalized spacial score (nSPS) is 16.0. The minimum atomic E-state index is -0.733. The van der Waals surface area contributed by atoms with Crippen LogP contribution in [0.1, 0.15) is 55.1 Å². The predicted octanol–water partition coefficient (Wildman–Crippen LogP) is 4.89. The van der Waals surface area contributed by atoms with Gasteiger partial charge in [0, 0.05) is 54.4 Å². The second kappa shape index (κ2) is 15.0. The lowest BCUT2D eigenvalue weighted by molar-refractivity contribution is -0.142. The number of hydrogen-bond donors (Lipinski definition) is 3. The number of carbonyl (C=O) groups is 5. The summed E-state index contributed by atoms with van der Waals surface area (Å²) in [4.78, 5) is 69.4. The summed E-state index contributed by atoms with van der Waals surface area (Å²) in [6.07, 6.45) is 1.08. The molecule has 14 heteroatoms. The van der Waals surface area contributed by atoms with Crippen LogP contribution >= 0.6 is 21.6 Å². The zero-order valence-electron chi connectivity index (χ0n) is 27.4. The Morgan fingerprint density at radius 3 is 2.62 bits per heavy atom. The molecular weight excluding hydrogens is 658 g/mol. The van der Waals surface area contributed by atoms with E-state index in [-0.39, 0.29) is 36.0 Å². The second-order valence-electron chi connectivity index (χ2n) is 12.9. The van der Waals surface area contributed by atoms with Crippen molar-refractivity contribution in [3.05, 3.63) is 58.9 Å². The Hall–Kier alpha value is -4.04. The van der Waals surface area contributed by atoms with Crippen LogP contribution in [-0.4, -0.2) is 88.8 Å². The zero-order valence-corrected chi connectivity index (χ0v) is 29.1. The van der Waals surface area contributed by atoms with Crippen LogP contribution in [0.15, 0.2) is 36.4 Å². The third-order valence-corrected chi connectivity index (χ3v) is 10.8. The van der Waals surface area contributed by atoms with E-state index in [0.29, 0.717) is 55.7 Å². The van der Waals surface area contributed by atoms with Crippen LogP contribution in [0, 0.1) is 11.2 Å². The third-order valence-electron chi connectivity index (χ3n) is 8.30. The van der Waals surface area contributed by atoms with Gasteiger partial charge in [0.25, 0.3) is 5.91 Å². The monoisotopic (exact) mass is 697 g/mol. The van der Waals surface area contributed by atoms with Crippen molar-refractivity contribution in [2.75, 3.05) is 39.0 Å². The molecule has 0 bridgehead atoms. The van der Waals surface area contributed by atoms with E-state index >= 15 is 0 Å². The van der Waals surface area contributed by atoms with Gasteiger partial charge in [-0.2, -0.15) is 0 Å². The summed E-state index contributed by atoms with van der Waals surface area (Å²) in [7, 11) is 4.13. The summed E-state index contributed by atoms with van der Waals surface area (Å²) in [6.45, 7) is 6.52. The van der Waals surface area contributed by atoms with E-state index in [9.17, 15) is 28.4 Å². The molecule has 0 spiro atoms. The van der Waals surface area contributed by atoms with E-state index in [1.54, 1.807) is 11.9 Å².